The SMILES string of the molecule is CCCS(=O)(=O)C1CCCCCCCCCCC1NCC. The lowest BCUT2D eigenvalue weighted by Gasteiger charge is -2.28. The minimum Gasteiger partial charge on any atom is -0.313 e. The van der Waals surface area contributed by atoms with Gasteiger partial charge >= 0.3 is 0 Å². The van der Waals surface area contributed by atoms with Crippen LogP contribution < -0.4 is 5.32 Å². The molecular formula is C17H35NO2S. The van der Waals surface area contributed by atoms with Gasteiger partial charge in [-0.25, -0.2) is 8.42 Å². The molecule has 1 rings (SSSR count). The topological polar surface area (TPSA) is 46.2 Å². The lowest BCUT2D eigenvalue weighted by Crippen LogP contribution is -2.45. The molecule has 1 saturated carbocycles. The van der Waals surface area contributed by atoms with E-state index in [9.17, 15) is 8.42 Å². The molecular weight excluding hydrogens is 282 g/mol. The molecule has 0 aromatic heterocycles. The van der Waals surface area contributed by atoms with Crippen molar-refractivity contribution in [2.45, 2.75) is 95.8 Å². The minimum atomic E-state index is -2.96. The summed E-state index contributed by atoms with van der Waals surface area (Å²) in [6.45, 7) is 4.91. The molecule has 2 atom stereocenters. The molecule has 0 saturated heterocycles. The first-order valence-electron chi connectivity index (χ1n) is 9.06. The molecule has 0 radical (unpaired) electrons. The zero-order chi connectivity index (χ0) is 15.6. The summed E-state index contributed by atoms with van der Waals surface area (Å²) >= 11 is 0. The third-order valence-electron chi connectivity index (χ3n) is 4.62. The molecule has 1 N–H and O–H groups in total. The van der Waals surface area contributed by atoms with Crippen LogP contribution in [0.25, 0.3) is 0 Å². The summed E-state index contributed by atoms with van der Waals surface area (Å²) in [5.41, 5.74) is 0. The second-order valence-corrected chi connectivity index (χ2v) is 8.81. The Balaban J connectivity index is 2.79. The van der Waals surface area contributed by atoms with Crippen LogP contribution in [0, 0.1) is 0 Å². The lowest BCUT2D eigenvalue weighted by atomic mass is 9.97. The highest BCUT2D eigenvalue weighted by Crippen LogP contribution is 2.23. The van der Waals surface area contributed by atoms with E-state index < -0.39 is 9.84 Å². The maximum atomic E-state index is 12.6. The molecule has 0 aromatic carbocycles. The van der Waals surface area contributed by atoms with Crippen LogP contribution in [0.15, 0.2) is 0 Å². The van der Waals surface area contributed by atoms with Gasteiger partial charge in [0.2, 0.25) is 0 Å². The summed E-state index contributed by atoms with van der Waals surface area (Å²) in [4.78, 5) is 0. The van der Waals surface area contributed by atoms with Gasteiger partial charge in [0, 0.05) is 6.04 Å². The van der Waals surface area contributed by atoms with Crippen molar-refractivity contribution in [1.29, 1.82) is 0 Å². The van der Waals surface area contributed by atoms with Crippen LogP contribution in [0.4, 0.5) is 0 Å². The molecule has 0 amide bonds. The largest absolute Gasteiger partial charge is 0.313 e. The predicted octanol–water partition coefficient (Wildman–Crippen LogP) is 4.07. The molecule has 1 aliphatic rings. The van der Waals surface area contributed by atoms with E-state index in [2.05, 4.69) is 12.2 Å². The van der Waals surface area contributed by atoms with Gasteiger partial charge in [0.1, 0.15) is 0 Å². The standard InChI is InChI=1S/C17H35NO2S/c1-3-15-21(19,20)17-14-12-10-8-6-5-7-9-11-13-16(17)18-4-2/h16-18H,3-15H2,1-2H3. The summed E-state index contributed by atoms with van der Waals surface area (Å²) in [6.07, 6.45) is 12.5. The summed E-state index contributed by atoms with van der Waals surface area (Å²) in [7, 11) is -2.96. The van der Waals surface area contributed by atoms with E-state index in [1.165, 1.54) is 38.5 Å². The minimum absolute atomic E-state index is 0.158. The molecule has 21 heavy (non-hydrogen) atoms. The van der Waals surface area contributed by atoms with Gasteiger partial charge in [-0.15, -0.1) is 0 Å². The van der Waals surface area contributed by atoms with Gasteiger partial charge in [0.15, 0.2) is 9.84 Å². The second-order valence-electron chi connectivity index (χ2n) is 6.48. The van der Waals surface area contributed by atoms with Crippen molar-refractivity contribution in [2.75, 3.05) is 12.3 Å². The van der Waals surface area contributed by atoms with Crippen LogP contribution >= 0.6 is 0 Å². The van der Waals surface area contributed by atoms with Crippen molar-refractivity contribution in [3.63, 3.8) is 0 Å². The van der Waals surface area contributed by atoms with Crippen LogP contribution in [0.5, 0.6) is 0 Å². The van der Waals surface area contributed by atoms with E-state index in [0.717, 1.165) is 38.6 Å². The van der Waals surface area contributed by atoms with Crippen LogP contribution in [0.3, 0.4) is 0 Å². The van der Waals surface area contributed by atoms with E-state index in [1.807, 2.05) is 6.92 Å². The predicted molar refractivity (Wildman–Crippen MR) is 91.5 cm³/mol. The van der Waals surface area contributed by atoms with Gasteiger partial charge in [-0.3, -0.25) is 0 Å². The van der Waals surface area contributed by atoms with Crippen LogP contribution in [-0.4, -0.2) is 32.0 Å². The Bertz CT molecular complexity index is 354. The zero-order valence-electron chi connectivity index (χ0n) is 14.1. The first kappa shape index (κ1) is 19.0. The van der Waals surface area contributed by atoms with Gasteiger partial charge in [-0.1, -0.05) is 65.2 Å². The summed E-state index contributed by atoms with van der Waals surface area (Å²) in [5.74, 6) is 0.347. The third-order valence-corrected chi connectivity index (χ3v) is 7.08. The number of sulfone groups is 1. The van der Waals surface area contributed by atoms with Gasteiger partial charge in [0.05, 0.1) is 11.0 Å². The quantitative estimate of drug-likeness (QED) is 0.831. The molecule has 1 aliphatic carbocycles. The maximum absolute atomic E-state index is 12.6. The Hall–Kier alpha value is -0.0900. The van der Waals surface area contributed by atoms with Crippen molar-refractivity contribution in [3.8, 4) is 0 Å². The van der Waals surface area contributed by atoms with Crippen molar-refractivity contribution in [2.24, 2.45) is 0 Å². The monoisotopic (exact) mass is 317 g/mol. The smallest absolute Gasteiger partial charge is 0.154 e. The van der Waals surface area contributed by atoms with Crippen LogP contribution in [0.1, 0.15) is 84.5 Å². The average molecular weight is 318 g/mol. The van der Waals surface area contributed by atoms with Crippen molar-refractivity contribution >= 4 is 9.84 Å². The van der Waals surface area contributed by atoms with Crippen molar-refractivity contribution < 1.29 is 8.42 Å². The fourth-order valence-corrected chi connectivity index (χ4v) is 5.65. The summed E-state index contributed by atoms with van der Waals surface area (Å²) in [5, 5.41) is 3.30. The maximum Gasteiger partial charge on any atom is 0.154 e. The Morgan fingerprint density at radius 1 is 0.857 bits per heavy atom. The van der Waals surface area contributed by atoms with Gasteiger partial charge < -0.3 is 5.32 Å². The Kier molecular flexibility index (Phi) is 9.57. The lowest BCUT2D eigenvalue weighted by molar-refractivity contribution is 0.406. The summed E-state index contributed by atoms with van der Waals surface area (Å²) < 4.78 is 25.3. The first-order chi connectivity index (χ1) is 10.1. The highest BCUT2D eigenvalue weighted by Gasteiger charge is 2.31. The second kappa shape index (κ2) is 10.6. The van der Waals surface area contributed by atoms with Crippen molar-refractivity contribution in [1.82, 2.24) is 5.32 Å². The third kappa shape index (κ3) is 7.14. The van der Waals surface area contributed by atoms with E-state index in [-0.39, 0.29) is 11.3 Å². The van der Waals surface area contributed by atoms with E-state index in [1.54, 1.807) is 0 Å². The Morgan fingerprint density at radius 3 is 1.90 bits per heavy atom. The molecule has 0 aliphatic heterocycles. The molecule has 126 valence electrons. The van der Waals surface area contributed by atoms with Crippen LogP contribution in [-0.2, 0) is 9.84 Å². The van der Waals surface area contributed by atoms with Crippen LogP contribution in [0.2, 0.25) is 0 Å². The fraction of sp³-hybridized carbons (Fsp3) is 1.00. The molecule has 0 heterocycles. The molecule has 2 unspecified atom stereocenters. The number of nitrogens with one attached hydrogen (secondary N) is 1. The molecule has 0 bridgehead atoms. The van der Waals surface area contributed by atoms with E-state index in [4.69, 9.17) is 0 Å². The van der Waals surface area contributed by atoms with E-state index in [0.29, 0.717) is 5.75 Å². The molecule has 0 spiro atoms. The number of rotatable bonds is 5. The van der Waals surface area contributed by atoms with E-state index >= 15 is 0 Å². The number of hydrogen-bond acceptors (Lipinski definition) is 3. The first-order valence-corrected chi connectivity index (χ1v) is 10.8. The molecule has 0 aromatic rings. The Morgan fingerprint density at radius 2 is 1.38 bits per heavy atom. The highest BCUT2D eigenvalue weighted by atomic mass is 32.2. The normalized spacial score (nSPS) is 26.8. The highest BCUT2D eigenvalue weighted by molar-refractivity contribution is 7.92. The molecule has 1 fully saturated rings. The van der Waals surface area contributed by atoms with Gasteiger partial charge in [-0.2, -0.15) is 0 Å². The Labute approximate surface area is 132 Å². The van der Waals surface area contributed by atoms with Crippen molar-refractivity contribution in [3.05, 3.63) is 0 Å². The fourth-order valence-electron chi connectivity index (χ4n) is 3.52. The van der Waals surface area contributed by atoms with Gasteiger partial charge in [0.25, 0.3) is 0 Å². The summed E-state index contributed by atoms with van der Waals surface area (Å²) in [6, 6.07) is 0.158. The molecule has 4 heteroatoms. The molecule has 3 nitrogen and oxygen atoms in total. The average Bonchev–Trinajstić information content (AvgIpc) is 2.41. The zero-order valence-corrected chi connectivity index (χ0v) is 14.9. The number of hydrogen-bond donors (Lipinski definition) is 1. The van der Waals surface area contributed by atoms with Gasteiger partial charge in [-0.05, 0) is 25.8 Å².